The number of aldehydes is 1. The van der Waals surface area contributed by atoms with Crippen molar-refractivity contribution in [1.82, 2.24) is 0 Å². The molecule has 0 rings (SSSR count). The van der Waals surface area contributed by atoms with Gasteiger partial charge in [0.25, 0.3) is 0 Å². The molecule has 0 amide bonds. The molecule has 0 saturated carbocycles. The Bertz CT molecular complexity index is 125. The van der Waals surface area contributed by atoms with Gasteiger partial charge in [0, 0.05) is 0 Å². The topological polar surface area (TPSA) is 129 Å². The van der Waals surface area contributed by atoms with Crippen molar-refractivity contribution in [3.63, 3.8) is 0 Å². The number of carbonyl (C=O) groups excluding carboxylic acids is 1. The Morgan fingerprint density at radius 1 is 1.08 bits per heavy atom. The van der Waals surface area contributed by atoms with Gasteiger partial charge in [-0.3, -0.25) is 0 Å². The molecule has 0 radical (unpaired) electrons. The molecule has 0 saturated heterocycles. The van der Waals surface area contributed by atoms with E-state index in [1.165, 1.54) is 6.92 Å². The molecule has 0 aromatic carbocycles. The van der Waals surface area contributed by atoms with E-state index in [9.17, 15) is 4.79 Å². The maximum absolute atomic E-state index is 9.87. The molecule has 0 unspecified atom stereocenters. The summed E-state index contributed by atoms with van der Waals surface area (Å²) in [5.41, 5.74) is 0. The van der Waals surface area contributed by atoms with Crippen LogP contribution in [0.3, 0.4) is 0 Å². The van der Waals surface area contributed by atoms with Crippen molar-refractivity contribution in [3.8, 4) is 0 Å². The molecule has 74 valence electrons. The van der Waals surface area contributed by atoms with Crippen LogP contribution in [0, 0.1) is 0 Å². The summed E-state index contributed by atoms with van der Waals surface area (Å²) in [6.45, 7) is 1.24. The molecule has 0 aromatic heterocycles. The smallest absolute Gasteiger partial charge is 0.151 e. The van der Waals surface area contributed by atoms with Crippen LogP contribution in [0.5, 0.6) is 0 Å². The first-order chi connectivity index (χ1) is 5.00. The van der Waals surface area contributed by atoms with Crippen LogP contribution >= 0.6 is 0 Å². The van der Waals surface area contributed by atoms with Crippen LogP contribution in [-0.4, -0.2) is 56.6 Å². The number of carbonyl (C=O) groups is 1. The molecule has 0 aliphatic carbocycles. The van der Waals surface area contributed by atoms with Gasteiger partial charge in [-0.05, 0) is 6.92 Å². The minimum atomic E-state index is -1.65. The molecule has 0 fully saturated rings. The van der Waals surface area contributed by atoms with Gasteiger partial charge < -0.3 is 30.7 Å². The Labute approximate surface area is 69.4 Å². The number of hydrogen-bond acceptors (Lipinski definition) is 5. The van der Waals surface area contributed by atoms with E-state index in [-0.39, 0.29) is 11.8 Å². The largest absolute Gasteiger partial charge is 0.412 e. The van der Waals surface area contributed by atoms with E-state index < -0.39 is 24.4 Å². The lowest BCUT2D eigenvalue weighted by Gasteiger charge is -2.21. The van der Waals surface area contributed by atoms with Gasteiger partial charge in [-0.1, -0.05) is 0 Å². The first-order valence-electron chi connectivity index (χ1n) is 3.18. The van der Waals surface area contributed by atoms with Crippen LogP contribution in [0.1, 0.15) is 6.92 Å². The van der Waals surface area contributed by atoms with Gasteiger partial charge in [-0.25, -0.2) is 0 Å². The van der Waals surface area contributed by atoms with Gasteiger partial charge in [-0.15, -0.1) is 0 Å². The SMILES string of the molecule is C[C@H](O)[C@@H](O)[C@@H](O)[C@H](O)C=O.O. The average Bonchev–Trinajstić information content (AvgIpc) is 2.00. The van der Waals surface area contributed by atoms with Crippen LogP contribution in [-0.2, 0) is 4.79 Å². The van der Waals surface area contributed by atoms with Crippen molar-refractivity contribution in [2.24, 2.45) is 0 Å². The number of aliphatic hydroxyl groups excluding tert-OH is 4. The van der Waals surface area contributed by atoms with Gasteiger partial charge in [-0.2, -0.15) is 0 Å². The lowest BCUT2D eigenvalue weighted by molar-refractivity contribution is -0.132. The van der Waals surface area contributed by atoms with Crippen molar-refractivity contribution < 1.29 is 30.7 Å². The summed E-state index contributed by atoms with van der Waals surface area (Å²) in [6, 6.07) is 0. The lowest BCUT2D eigenvalue weighted by atomic mass is 10.1. The molecule has 12 heavy (non-hydrogen) atoms. The number of aliphatic hydroxyl groups is 4. The maximum atomic E-state index is 9.87. The summed E-state index contributed by atoms with van der Waals surface area (Å²) in [7, 11) is 0. The lowest BCUT2D eigenvalue weighted by Crippen LogP contribution is -2.43. The zero-order chi connectivity index (χ0) is 9.02. The second-order valence-corrected chi connectivity index (χ2v) is 2.35. The molecule has 4 atom stereocenters. The monoisotopic (exact) mass is 182 g/mol. The van der Waals surface area contributed by atoms with Crippen LogP contribution in [0.2, 0.25) is 0 Å². The molecule has 0 bridgehead atoms. The van der Waals surface area contributed by atoms with Crippen LogP contribution in [0.4, 0.5) is 0 Å². The summed E-state index contributed by atoms with van der Waals surface area (Å²) in [6.07, 6.45) is -5.88. The summed E-state index contributed by atoms with van der Waals surface area (Å²) in [4.78, 5) is 9.87. The Morgan fingerprint density at radius 3 is 1.75 bits per heavy atom. The Balaban J connectivity index is 0. The van der Waals surface area contributed by atoms with Gasteiger partial charge in [0.1, 0.15) is 18.3 Å². The molecule has 6 heteroatoms. The summed E-state index contributed by atoms with van der Waals surface area (Å²) in [5.74, 6) is 0. The second kappa shape index (κ2) is 6.04. The van der Waals surface area contributed by atoms with E-state index in [2.05, 4.69) is 0 Å². The highest BCUT2D eigenvalue weighted by atomic mass is 16.4. The summed E-state index contributed by atoms with van der Waals surface area (Å²) in [5, 5.41) is 35.1. The molecule has 0 aromatic rings. The van der Waals surface area contributed by atoms with Gasteiger partial charge >= 0.3 is 0 Å². The second-order valence-electron chi connectivity index (χ2n) is 2.35. The molecule has 0 spiro atoms. The van der Waals surface area contributed by atoms with E-state index >= 15 is 0 Å². The van der Waals surface area contributed by atoms with Crippen LogP contribution < -0.4 is 0 Å². The fraction of sp³-hybridized carbons (Fsp3) is 0.833. The zero-order valence-corrected chi connectivity index (χ0v) is 6.58. The zero-order valence-electron chi connectivity index (χ0n) is 6.58. The van der Waals surface area contributed by atoms with Crippen molar-refractivity contribution in [2.45, 2.75) is 31.3 Å². The maximum Gasteiger partial charge on any atom is 0.151 e. The minimum absolute atomic E-state index is 0. The molecule has 0 aliphatic heterocycles. The standard InChI is InChI=1S/C6H12O5.H2O/c1-3(8)5(10)6(11)4(9)2-7;/h2-6,8-11H,1H3;1H2/t3-,4+,5+,6-;/m0./s1. The fourth-order valence-corrected chi connectivity index (χ4v) is 0.568. The highest BCUT2D eigenvalue weighted by Crippen LogP contribution is 2.02. The molecule has 0 aliphatic rings. The predicted molar refractivity (Wildman–Crippen MR) is 39.4 cm³/mol. The quantitative estimate of drug-likeness (QED) is 0.341. The van der Waals surface area contributed by atoms with Crippen molar-refractivity contribution in [2.75, 3.05) is 0 Å². The molecule has 6 nitrogen and oxygen atoms in total. The third-order valence-corrected chi connectivity index (χ3v) is 1.33. The number of rotatable bonds is 4. The van der Waals surface area contributed by atoms with E-state index in [1.807, 2.05) is 0 Å². The van der Waals surface area contributed by atoms with E-state index in [0.29, 0.717) is 0 Å². The van der Waals surface area contributed by atoms with Crippen LogP contribution in [0.25, 0.3) is 0 Å². The summed E-state index contributed by atoms with van der Waals surface area (Å²) < 4.78 is 0. The van der Waals surface area contributed by atoms with Gasteiger partial charge in [0.15, 0.2) is 6.29 Å². The first kappa shape index (κ1) is 14.0. The van der Waals surface area contributed by atoms with Crippen molar-refractivity contribution >= 4 is 6.29 Å². The Kier molecular flexibility index (Phi) is 7.05. The molecule has 0 heterocycles. The Hall–Kier alpha value is -0.530. The average molecular weight is 182 g/mol. The highest BCUT2D eigenvalue weighted by molar-refractivity contribution is 5.56. The minimum Gasteiger partial charge on any atom is -0.412 e. The summed E-state index contributed by atoms with van der Waals surface area (Å²) >= 11 is 0. The van der Waals surface area contributed by atoms with Crippen molar-refractivity contribution in [1.29, 1.82) is 0 Å². The van der Waals surface area contributed by atoms with Gasteiger partial charge in [0.05, 0.1) is 6.10 Å². The fourth-order valence-electron chi connectivity index (χ4n) is 0.568. The number of hydrogen-bond donors (Lipinski definition) is 4. The third kappa shape index (κ3) is 3.74. The molecule has 6 N–H and O–H groups in total. The van der Waals surface area contributed by atoms with E-state index in [4.69, 9.17) is 20.4 Å². The highest BCUT2D eigenvalue weighted by Gasteiger charge is 2.27. The van der Waals surface area contributed by atoms with E-state index in [1.54, 1.807) is 0 Å². The molecular weight excluding hydrogens is 168 g/mol. The first-order valence-corrected chi connectivity index (χ1v) is 3.18. The van der Waals surface area contributed by atoms with Gasteiger partial charge in [0.2, 0.25) is 0 Å². The predicted octanol–water partition coefficient (Wildman–Crippen LogP) is -3.18. The van der Waals surface area contributed by atoms with Crippen LogP contribution in [0.15, 0.2) is 0 Å². The van der Waals surface area contributed by atoms with Crippen molar-refractivity contribution in [3.05, 3.63) is 0 Å². The normalized spacial score (nSPS) is 20.1. The molecular formula is C6H14O6. The van der Waals surface area contributed by atoms with E-state index in [0.717, 1.165) is 0 Å². The Morgan fingerprint density at radius 2 is 1.50 bits per heavy atom. The third-order valence-electron chi connectivity index (χ3n) is 1.33.